The Morgan fingerprint density at radius 2 is 2.23 bits per heavy atom. The summed E-state index contributed by atoms with van der Waals surface area (Å²) in [4.78, 5) is 10.8. The molecule has 0 aromatic carbocycles. The van der Waals surface area contributed by atoms with Crippen molar-refractivity contribution in [2.24, 2.45) is 5.92 Å². The van der Waals surface area contributed by atoms with Crippen LogP contribution >= 0.6 is 0 Å². The summed E-state index contributed by atoms with van der Waals surface area (Å²) in [5.41, 5.74) is -0.635. The first-order chi connectivity index (χ1) is 6.08. The van der Waals surface area contributed by atoms with Crippen LogP contribution in [0.25, 0.3) is 0 Å². The van der Waals surface area contributed by atoms with Crippen molar-refractivity contribution in [1.82, 2.24) is 0 Å². The molecule has 0 saturated heterocycles. The molecule has 0 heterocycles. The molecule has 0 spiro atoms. The number of ether oxygens (including phenoxy) is 1. The molecule has 0 rings (SSSR count). The van der Waals surface area contributed by atoms with E-state index >= 15 is 0 Å². The lowest BCUT2D eigenvalue weighted by Crippen LogP contribution is -2.32. The summed E-state index contributed by atoms with van der Waals surface area (Å²) in [5.74, 6) is 0.514. The largest absolute Gasteiger partial charge is 0.364 e. The van der Waals surface area contributed by atoms with E-state index in [0.717, 1.165) is 19.1 Å². The third kappa shape index (κ3) is 4.83. The van der Waals surface area contributed by atoms with Gasteiger partial charge in [0.05, 0.1) is 6.61 Å². The van der Waals surface area contributed by atoms with Crippen molar-refractivity contribution in [3.05, 3.63) is 12.7 Å². The number of carbonyl (C=O) groups is 1. The second-order valence-electron chi connectivity index (χ2n) is 3.75. The average molecular weight is 184 g/mol. The van der Waals surface area contributed by atoms with Crippen molar-refractivity contribution in [2.45, 2.75) is 39.2 Å². The topological polar surface area (TPSA) is 26.3 Å². The highest BCUT2D eigenvalue weighted by Gasteiger charge is 2.25. The molecule has 0 N–H and O–H groups in total. The van der Waals surface area contributed by atoms with Gasteiger partial charge in [-0.2, -0.15) is 0 Å². The van der Waals surface area contributed by atoms with Gasteiger partial charge in [-0.1, -0.05) is 26.3 Å². The van der Waals surface area contributed by atoms with E-state index in [1.165, 1.54) is 0 Å². The van der Waals surface area contributed by atoms with Crippen LogP contribution in [0.15, 0.2) is 12.7 Å². The molecule has 0 aromatic rings. The molecule has 0 unspecified atom stereocenters. The van der Waals surface area contributed by atoms with Crippen molar-refractivity contribution in [1.29, 1.82) is 0 Å². The maximum Gasteiger partial charge on any atom is 0.151 e. The summed E-state index contributed by atoms with van der Waals surface area (Å²) < 4.78 is 5.41. The minimum atomic E-state index is -0.635. The zero-order chi connectivity index (χ0) is 10.3. The monoisotopic (exact) mass is 184 g/mol. The molecule has 2 heteroatoms. The Hall–Kier alpha value is -0.630. The number of hydrogen-bond acceptors (Lipinski definition) is 2. The Morgan fingerprint density at radius 1 is 1.62 bits per heavy atom. The number of rotatable bonds is 7. The van der Waals surface area contributed by atoms with Gasteiger partial charge in [0, 0.05) is 0 Å². The zero-order valence-electron chi connectivity index (χ0n) is 8.88. The van der Waals surface area contributed by atoms with Crippen LogP contribution < -0.4 is 0 Å². The number of aldehydes is 1. The molecule has 0 saturated carbocycles. The van der Waals surface area contributed by atoms with Gasteiger partial charge in [0.1, 0.15) is 5.60 Å². The van der Waals surface area contributed by atoms with Gasteiger partial charge in [-0.05, 0) is 19.3 Å². The van der Waals surface area contributed by atoms with Crippen molar-refractivity contribution in [2.75, 3.05) is 6.61 Å². The molecule has 0 aromatic heterocycles. The fourth-order valence-electron chi connectivity index (χ4n) is 1.23. The zero-order valence-corrected chi connectivity index (χ0v) is 8.88. The van der Waals surface area contributed by atoms with E-state index in [9.17, 15) is 4.79 Å². The Bertz CT molecular complexity index is 165. The first kappa shape index (κ1) is 12.4. The summed E-state index contributed by atoms with van der Waals surface area (Å²) in [6.07, 6.45) is 4.41. The van der Waals surface area contributed by atoms with Crippen molar-refractivity contribution in [3.8, 4) is 0 Å². The highest BCUT2D eigenvalue weighted by Crippen LogP contribution is 2.20. The molecule has 0 fully saturated rings. The van der Waals surface area contributed by atoms with Crippen LogP contribution in [0.4, 0.5) is 0 Å². The SMILES string of the molecule is C=CCO[C@@](C)(C=O)C[C@@H](C)CC. The summed E-state index contributed by atoms with van der Waals surface area (Å²) in [7, 11) is 0. The quantitative estimate of drug-likeness (QED) is 0.449. The maximum atomic E-state index is 10.8. The normalized spacial score (nSPS) is 17.5. The molecule has 2 nitrogen and oxygen atoms in total. The van der Waals surface area contributed by atoms with Crippen molar-refractivity contribution >= 4 is 6.29 Å². The van der Waals surface area contributed by atoms with E-state index in [-0.39, 0.29) is 0 Å². The van der Waals surface area contributed by atoms with E-state index in [4.69, 9.17) is 4.74 Å². The number of hydrogen-bond donors (Lipinski definition) is 0. The van der Waals surface area contributed by atoms with Gasteiger partial charge in [-0.15, -0.1) is 6.58 Å². The van der Waals surface area contributed by atoms with Crippen molar-refractivity contribution < 1.29 is 9.53 Å². The maximum absolute atomic E-state index is 10.8. The highest BCUT2D eigenvalue weighted by atomic mass is 16.5. The van der Waals surface area contributed by atoms with Crippen LogP contribution in [0.2, 0.25) is 0 Å². The minimum absolute atomic E-state index is 0.436. The second-order valence-corrected chi connectivity index (χ2v) is 3.75. The van der Waals surface area contributed by atoms with Gasteiger partial charge in [-0.3, -0.25) is 0 Å². The van der Waals surface area contributed by atoms with Gasteiger partial charge in [-0.25, -0.2) is 0 Å². The number of carbonyl (C=O) groups excluding carboxylic acids is 1. The second kappa shape index (κ2) is 5.92. The highest BCUT2D eigenvalue weighted by molar-refractivity contribution is 5.61. The van der Waals surface area contributed by atoms with E-state index in [1.54, 1.807) is 6.08 Å². The smallest absolute Gasteiger partial charge is 0.151 e. The average Bonchev–Trinajstić information content (AvgIpc) is 2.14. The van der Waals surface area contributed by atoms with Crippen molar-refractivity contribution in [3.63, 3.8) is 0 Å². The van der Waals surface area contributed by atoms with Gasteiger partial charge < -0.3 is 9.53 Å². The molecule has 0 aliphatic carbocycles. The van der Waals surface area contributed by atoms with E-state index in [2.05, 4.69) is 20.4 Å². The van der Waals surface area contributed by atoms with Crippen LogP contribution in [-0.4, -0.2) is 18.5 Å². The summed E-state index contributed by atoms with van der Waals surface area (Å²) in [6, 6.07) is 0. The van der Waals surface area contributed by atoms with Crippen LogP contribution in [0.5, 0.6) is 0 Å². The Balaban J connectivity index is 4.09. The van der Waals surface area contributed by atoms with E-state index in [1.807, 2.05) is 6.92 Å². The molecule has 0 radical (unpaired) electrons. The van der Waals surface area contributed by atoms with E-state index in [0.29, 0.717) is 12.5 Å². The Morgan fingerprint density at radius 3 is 2.62 bits per heavy atom. The van der Waals surface area contributed by atoms with E-state index < -0.39 is 5.60 Å². The minimum Gasteiger partial charge on any atom is -0.364 e. The lowest BCUT2D eigenvalue weighted by molar-refractivity contribution is -0.129. The molecule has 76 valence electrons. The molecular weight excluding hydrogens is 164 g/mol. The Labute approximate surface area is 81.0 Å². The molecule has 0 aliphatic heterocycles. The van der Waals surface area contributed by atoms with Crippen LogP contribution in [0, 0.1) is 5.92 Å². The predicted octanol–water partition coefficient (Wildman–Crippen LogP) is 2.58. The van der Waals surface area contributed by atoms with Gasteiger partial charge in [0.25, 0.3) is 0 Å². The summed E-state index contributed by atoms with van der Waals surface area (Å²) in [6.45, 7) is 10.1. The standard InChI is InChI=1S/C11H20O2/c1-5-7-13-11(4,9-12)8-10(3)6-2/h5,9-10H,1,6-8H2,2-4H3/t10-,11+/m0/s1. The predicted molar refractivity (Wildman–Crippen MR) is 54.7 cm³/mol. The molecule has 0 amide bonds. The molecule has 0 aliphatic rings. The third-order valence-corrected chi connectivity index (χ3v) is 2.23. The third-order valence-electron chi connectivity index (χ3n) is 2.23. The van der Waals surface area contributed by atoms with Gasteiger partial charge in [0.2, 0.25) is 0 Å². The van der Waals surface area contributed by atoms with Crippen LogP contribution in [0.3, 0.4) is 0 Å². The fraction of sp³-hybridized carbons (Fsp3) is 0.727. The fourth-order valence-corrected chi connectivity index (χ4v) is 1.23. The lowest BCUT2D eigenvalue weighted by atomic mass is 9.92. The molecule has 2 atom stereocenters. The first-order valence-corrected chi connectivity index (χ1v) is 4.79. The molecular formula is C11H20O2. The van der Waals surface area contributed by atoms with Crippen LogP contribution in [0.1, 0.15) is 33.6 Å². The van der Waals surface area contributed by atoms with Crippen LogP contribution in [-0.2, 0) is 9.53 Å². The summed E-state index contributed by atoms with van der Waals surface area (Å²) in [5, 5.41) is 0. The first-order valence-electron chi connectivity index (χ1n) is 4.79. The lowest BCUT2D eigenvalue weighted by Gasteiger charge is -2.25. The Kier molecular flexibility index (Phi) is 5.63. The van der Waals surface area contributed by atoms with Gasteiger partial charge in [0.15, 0.2) is 6.29 Å². The summed E-state index contributed by atoms with van der Waals surface area (Å²) >= 11 is 0. The molecule has 13 heavy (non-hydrogen) atoms. The molecule has 0 bridgehead atoms. The van der Waals surface area contributed by atoms with Gasteiger partial charge >= 0.3 is 0 Å².